The van der Waals surface area contributed by atoms with E-state index in [1.807, 2.05) is 26.2 Å². The molecule has 0 saturated carbocycles. The minimum atomic E-state index is -0.126. The van der Waals surface area contributed by atoms with Crippen molar-refractivity contribution in [2.24, 2.45) is 0 Å². The molecule has 0 bridgehead atoms. The highest BCUT2D eigenvalue weighted by molar-refractivity contribution is 5.86. The number of quaternary nitrogens is 1. The van der Waals surface area contributed by atoms with Crippen molar-refractivity contribution in [3.8, 4) is 22.6 Å². The molecule has 2 aromatic carbocycles. The summed E-state index contributed by atoms with van der Waals surface area (Å²) >= 11 is 0. The number of methoxy groups -OCH3 is 1. The van der Waals surface area contributed by atoms with Gasteiger partial charge in [0.15, 0.2) is 0 Å². The molecule has 130 valence electrons. The topological polar surface area (TPSA) is 66.9 Å². The van der Waals surface area contributed by atoms with Gasteiger partial charge < -0.3 is 19.2 Å². The first-order chi connectivity index (χ1) is 11.9. The van der Waals surface area contributed by atoms with Crippen molar-refractivity contribution in [2.45, 2.75) is 13.5 Å². The number of rotatable bonds is 4. The molecule has 0 spiro atoms. The predicted octanol–water partition coefficient (Wildman–Crippen LogP) is 1.50. The third-order valence-corrected chi connectivity index (χ3v) is 4.21. The van der Waals surface area contributed by atoms with Gasteiger partial charge in [-0.25, -0.2) is 0 Å². The smallest absolute Gasteiger partial charge is 0.200 e. The maximum absolute atomic E-state index is 13.1. The number of nitrogens with one attached hydrogen (secondary N) is 1. The molecule has 1 aromatic heterocycles. The van der Waals surface area contributed by atoms with Gasteiger partial charge in [0.2, 0.25) is 5.43 Å². The second kappa shape index (κ2) is 6.61. The first kappa shape index (κ1) is 17.0. The molecule has 0 unspecified atom stereocenters. The zero-order chi connectivity index (χ0) is 18.1. The molecule has 0 fully saturated rings. The molecule has 1 heterocycles. The zero-order valence-corrected chi connectivity index (χ0v) is 14.8. The number of hydrogen-bond acceptors (Lipinski definition) is 4. The summed E-state index contributed by atoms with van der Waals surface area (Å²) in [4.78, 5) is 14.1. The summed E-state index contributed by atoms with van der Waals surface area (Å²) in [7, 11) is 5.50. The monoisotopic (exact) mass is 339 g/mol. The molecule has 0 radical (unpaired) electrons. The standard InChI is InChI=1S/C20H21NO4/c1-12-18(13-5-7-14(24-4)8-6-13)19(23)15-9-10-17(22)16(11-21(2)3)20(15)25-12/h5-10,22H,11H2,1-4H3. The molecule has 3 aromatic rings. The van der Waals surface area contributed by atoms with Crippen LogP contribution in [0.2, 0.25) is 0 Å². The van der Waals surface area contributed by atoms with E-state index >= 15 is 0 Å². The Bertz CT molecular complexity index is 972. The molecular formula is C20H21NO4. The SMILES string of the molecule is COc1ccc(-c2c(C)oc3c(C[NH+](C)C)c([O-])ccc3c2=O)cc1. The quantitative estimate of drug-likeness (QED) is 0.782. The molecule has 1 N–H and O–H groups in total. The second-order valence-electron chi connectivity index (χ2n) is 6.39. The molecular weight excluding hydrogens is 318 g/mol. The maximum Gasteiger partial charge on any atom is 0.200 e. The largest absolute Gasteiger partial charge is 0.872 e. The maximum atomic E-state index is 13.1. The highest BCUT2D eigenvalue weighted by Gasteiger charge is 2.17. The van der Waals surface area contributed by atoms with Crippen LogP contribution in [0.4, 0.5) is 0 Å². The van der Waals surface area contributed by atoms with E-state index in [1.165, 1.54) is 6.07 Å². The Morgan fingerprint density at radius 2 is 1.80 bits per heavy atom. The Kier molecular flexibility index (Phi) is 4.51. The van der Waals surface area contributed by atoms with Crippen molar-refractivity contribution < 1.29 is 19.2 Å². The molecule has 0 amide bonds. The lowest BCUT2D eigenvalue weighted by molar-refractivity contribution is -0.872. The molecule has 0 aliphatic heterocycles. The summed E-state index contributed by atoms with van der Waals surface area (Å²) in [5.74, 6) is 1.12. The van der Waals surface area contributed by atoms with Gasteiger partial charge in [0.05, 0.1) is 32.2 Å². The van der Waals surface area contributed by atoms with Gasteiger partial charge in [-0.15, -0.1) is 0 Å². The Labute approximate surface area is 146 Å². The van der Waals surface area contributed by atoms with Gasteiger partial charge in [-0.2, -0.15) is 0 Å². The average molecular weight is 339 g/mol. The summed E-state index contributed by atoms with van der Waals surface area (Å²) < 4.78 is 11.1. The van der Waals surface area contributed by atoms with E-state index in [0.717, 1.165) is 16.2 Å². The predicted molar refractivity (Wildman–Crippen MR) is 95.2 cm³/mol. The fourth-order valence-electron chi connectivity index (χ4n) is 3.02. The van der Waals surface area contributed by atoms with E-state index in [-0.39, 0.29) is 11.2 Å². The van der Waals surface area contributed by atoms with Crippen LogP contribution in [0.5, 0.6) is 11.5 Å². The van der Waals surface area contributed by atoms with E-state index in [2.05, 4.69) is 0 Å². The van der Waals surface area contributed by atoms with E-state index < -0.39 is 0 Å². The lowest BCUT2D eigenvalue weighted by atomic mass is 10.0. The van der Waals surface area contributed by atoms with Crippen molar-refractivity contribution >= 4 is 11.0 Å². The van der Waals surface area contributed by atoms with Gasteiger partial charge >= 0.3 is 0 Å². The van der Waals surface area contributed by atoms with Gasteiger partial charge in [0.1, 0.15) is 23.6 Å². The Morgan fingerprint density at radius 3 is 2.40 bits per heavy atom. The van der Waals surface area contributed by atoms with Crippen molar-refractivity contribution in [3.63, 3.8) is 0 Å². The minimum Gasteiger partial charge on any atom is -0.872 e. The van der Waals surface area contributed by atoms with E-state index in [4.69, 9.17) is 9.15 Å². The molecule has 3 rings (SSSR count). The number of ether oxygens (including phenoxy) is 1. The molecule has 0 aliphatic carbocycles. The zero-order valence-electron chi connectivity index (χ0n) is 14.8. The molecule has 0 atom stereocenters. The van der Waals surface area contributed by atoms with Crippen molar-refractivity contribution in [1.82, 2.24) is 0 Å². The highest BCUT2D eigenvalue weighted by Crippen LogP contribution is 2.29. The Hall–Kier alpha value is -2.79. The molecule has 5 heteroatoms. The van der Waals surface area contributed by atoms with Crippen LogP contribution in [0.25, 0.3) is 22.1 Å². The third-order valence-electron chi connectivity index (χ3n) is 4.21. The fourth-order valence-corrected chi connectivity index (χ4v) is 3.02. The first-order valence-corrected chi connectivity index (χ1v) is 8.12. The fraction of sp³-hybridized carbons (Fsp3) is 0.250. The normalized spacial score (nSPS) is 11.2. The third kappa shape index (κ3) is 3.10. The summed E-state index contributed by atoms with van der Waals surface area (Å²) in [5.41, 5.74) is 2.09. The van der Waals surface area contributed by atoms with Gasteiger partial charge in [-0.05, 0) is 30.7 Å². The van der Waals surface area contributed by atoms with Crippen LogP contribution >= 0.6 is 0 Å². The molecule has 25 heavy (non-hydrogen) atoms. The van der Waals surface area contributed by atoms with Crippen LogP contribution < -0.4 is 20.2 Å². The van der Waals surface area contributed by atoms with Crippen LogP contribution in [0.15, 0.2) is 45.6 Å². The Morgan fingerprint density at radius 1 is 1.12 bits per heavy atom. The number of hydrogen-bond donors (Lipinski definition) is 1. The van der Waals surface area contributed by atoms with E-state index in [1.54, 1.807) is 32.2 Å². The molecule has 0 aliphatic rings. The van der Waals surface area contributed by atoms with Gasteiger partial charge in [-0.3, -0.25) is 4.79 Å². The summed E-state index contributed by atoms with van der Waals surface area (Å²) in [6.45, 7) is 2.25. The van der Waals surface area contributed by atoms with Gasteiger partial charge in [-0.1, -0.05) is 23.9 Å². The van der Waals surface area contributed by atoms with E-state index in [0.29, 0.717) is 34.4 Å². The number of fused-ring (bicyclic) bond motifs is 1. The number of aryl methyl sites for hydroxylation is 1. The van der Waals surface area contributed by atoms with Gasteiger partial charge in [0, 0.05) is 5.56 Å². The average Bonchev–Trinajstić information content (AvgIpc) is 2.58. The minimum absolute atomic E-state index is 0.103. The van der Waals surface area contributed by atoms with Crippen molar-refractivity contribution in [2.75, 3.05) is 21.2 Å². The summed E-state index contributed by atoms with van der Waals surface area (Å²) in [6, 6.07) is 10.3. The summed E-state index contributed by atoms with van der Waals surface area (Å²) in [5, 5.41) is 12.7. The Balaban J connectivity index is 2.26. The van der Waals surface area contributed by atoms with Crippen LogP contribution in [0.1, 0.15) is 11.3 Å². The lowest BCUT2D eigenvalue weighted by Gasteiger charge is -2.18. The second-order valence-corrected chi connectivity index (χ2v) is 6.39. The van der Waals surface area contributed by atoms with E-state index in [9.17, 15) is 9.90 Å². The van der Waals surface area contributed by atoms with Gasteiger partial charge in [0.25, 0.3) is 0 Å². The number of benzene rings is 2. The van der Waals surface area contributed by atoms with Crippen LogP contribution in [-0.4, -0.2) is 21.2 Å². The first-order valence-electron chi connectivity index (χ1n) is 8.12. The van der Waals surface area contributed by atoms with Crippen molar-refractivity contribution in [1.29, 1.82) is 0 Å². The van der Waals surface area contributed by atoms with Crippen LogP contribution in [0.3, 0.4) is 0 Å². The van der Waals surface area contributed by atoms with Crippen LogP contribution in [-0.2, 0) is 6.54 Å². The van der Waals surface area contributed by atoms with Crippen LogP contribution in [0, 0.1) is 6.92 Å². The lowest BCUT2D eigenvalue weighted by Crippen LogP contribution is -3.04. The molecule has 0 saturated heterocycles. The summed E-state index contributed by atoms with van der Waals surface area (Å²) in [6.07, 6.45) is 0. The molecule has 5 nitrogen and oxygen atoms in total. The highest BCUT2D eigenvalue weighted by atomic mass is 16.5. The van der Waals surface area contributed by atoms with Crippen molar-refractivity contribution in [3.05, 3.63) is 57.9 Å².